The Labute approximate surface area is 183 Å². The summed E-state index contributed by atoms with van der Waals surface area (Å²) in [5, 5.41) is 12.2. The second-order valence-corrected chi connectivity index (χ2v) is 8.22. The number of hydrogen-bond acceptors (Lipinski definition) is 7. The summed E-state index contributed by atoms with van der Waals surface area (Å²) in [7, 11) is 3.04. The predicted octanol–water partition coefficient (Wildman–Crippen LogP) is 3.64. The van der Waals surface area contributed by atoms with Gasteiger partial charge in [-0.25, -0.2) is 0 Å². The second kappa shape index (κ2) is 8.73. The van der Waals surface area contributed by atoms with Crippen LogP contribution in [0.2, 0.25) is 0 Å². The van der Waals surface area contributed by atoms with Crippen molar-refractivity contribution in [3.05, 3.63) is 58.6 Å². The highest BCUT2D eigenvalue weighted by Gasteiger charge is 2.34. The van der Waals surface area contributed by atoms with Crippen molar-refractivity contribution in [3.8, 4) is 11.5 Å². The molecule has 0 spiro atoms. The van der Waals surface area contributed by atoms with Crippen molar-refractivity contribution in [3.63, 3.8) is 0 Å². The van der Waals surface area contributed by atoms with Crippen LogP contribution in [0.3, 0.4) is 0 Å². The van der Waals surface area contributed by atoms with Crippen LogP contribution in [0.15, 0.2) is 42.5 Å². The van der Waals surface area contributed by atoms with Gasteiger partial charge in [0.1, 0.15) is 16.5 Å². The van der Waals surface area contributed by atoms with Crippen molar-refractivity contribution in [2.24, 2.45) is 0 Å². The van der Waals surface area contributed by atoms with E-state index >= 15 is 0 Å². The molecule has 1 unspecified atom stereocenters. The van der Waals surface area contributed by atoms with Gasteiger partial charge < -0.3 is 14.4 Å². The quantitative estimate of drug-likeness (QED) is 0.632. The van der Waals surface area contributed by atoms with Crippen LogP contribution in [-0.4, -0.2) is 42.8 Å². The van der Waals surface area contributed by atoms with Crippen LogP contribution in [0.1, 0.15) is 33.3 Å². The molecule has 8 nitrogen and oxygen atoms in total. The van der Waals surface area contributed by atoms with Crippen molar-refractivity contribution in [1.82, 2.24) is 10.2 Å². The second-order valence-electron chi connectivity index (χ2n) is 7.21. The first-order valence-electron chi connectivity index (χ1n) is 9.72. The standard InChI is InChI=1S/C22H22N4O4S/c1-13-5-4-6-15(9-13)26-12-14(10-19(26)27)21-24-25-22(31-21)23-20(28)17-8-7-16(29-2)11-18(17)30-3/h4-9,11,14H,10,12H2,1-3H3,(H,23,25,28). The van der Waals surface area contributed by atoms with E-state index in [0.717, 1.165) is 16.3 Å². The average Bonchev–Trinajstić information content (AvgIpc) is 3.39. The van der Waals surface area contributed by atoms with Gasteiger partial charge in [-0.15, -0.1) is 10.2 Å². The third-order valence-electron chi connectivity index (χ3n) is 5.10. The van der Waals surface area contributed by atoms with Gasteiger partial charge in [0.25, 0.3) is 5.91 Å². The van der Waals surface area contributed by atoms with Gasteiger partial charge in [-0.2, -0.15) is 0 Å². The molecule has 1 N–H and O–H groups in total. The summed E-state index contributed by atoms with van der Waals surface area (Å²) in [5.74, 6) is 0.629. The Morgan fingerprint density at radius 1 is 1.16 bits per heavy atom. The zero-order valence-electron chi connectivity index (χ0n) is 17.4. The van der Waals surface area contributed by atoms with E-state index in [2.05, 4.69) is 15.5 Å². The number of benzene rings is 2. The molecule has 1 atom stereocenters. The van der Waals surface area contributed by atoms with Crippen LogP contribution in [0.25, 0.3) is 0 Å². The Hall–Kier alpha value is -3.46. The van der Waals surface area contributed by atoms with Crippen LogP contribution in [0, 0.1) is 6.92 Å². The molecule has 1 aliphatic rings. The van der Waals surface area contributed by atoms with E-state index in [-0.39, 0.29) is 17.7 Å². The molecule has 3 aromatic rings. The minimum atomic E-state index is -0.355. The summed E-state index contributed by atoms with van der Waals surface area (Å²) in [6.07, 6.45) is 0.364. The van der Waals surface area contributed by atoms with Gasteiger partial charge in [-0.1, -0.05) is 23.5 Å². The summed E-state index contributed by atoms with van der Waals surface area (Å²) in [6, 6.07) is 12.8. The monoisotopic (exact) mass is 438 g/mol. The zero-order chi connectivity index (χ0) is 22.0. The van der Waals surface area contributed by atoms with Crippen molar-refractivity contribution in [2.45, 2.75) is 19.3 Å². The number of nitrogens with zero attached hydrogens (tertiary/aromatic N) is 3. The number of aryl methyl sites for hydroxylation is 1. The Balaban J connectivity index is 1.46. The van der Waals surface area contributed by atoms with E-state index < -0.39 is 0 Å². The van der Waals surface area contributed by atoms with Gasteiger partial charge in [0.2, 0.25) is 11.0 Å². The number of nitrogens with one attached hydrogen (secondary N) is 1. The molecule has 0 aliphatic carbocycles. The number of carbonyl (C=O) groups is 2. The molecule has 2 heterocycles. The number of ether oxygens (including phenoxy) is 2. The van der Waals surface area contributed by atoms with Crippen LogP contribution >= 0.6 is 11.3 Å². The Bertz CT molecular complexity index is 1130. The SMILES string of the molecule is COc1ccc(C(=O)Nc2nnc(C3CC(=O)N(c4cccc(C)c4)C3)s2)c(OC)c1. The number of hydrogen-bond donors (Lipinski definition) is 1. The number of carbonyl (C=O) groups excluding carboxylic acids is 2. The lowest BCUT2D eigenvalue weighted by molar-refractivity contribution is -0.117. The topological polar surface area (TPSA) is 93.7 Å². The lowest BCUT2D eigenvalue weighted by Gasteiger charge is -2.16. The molecule has 1 aromatic heterocycles. The number of anilines is 2. The zero-order valence-corrected chi connectivity index (χ0v) is 18.2. The maximum absolute atomic E-state index is 12.7. The lowest BCUT2D eigenvalue weighted by atomic mass is 10.1. The van der Waals surface area contributed by atoms with E-state index in [9.17, 15) is 9.59 Å². The van der Waals surface area contributed by atoms with Gasteiger partial charge >= 0.3 is 0 Å². The molecule has 1 fully saturated rings. The first-order chi connectivity index (χ1) is 15.0. The molecule has 2 amide bonds. The molecule has 160 valence electrons. The van der Waals surface area contributed by atoms with E-state index in [1.54, 1.807) is 30.2 Å². The number of methoxy groups -OCH3 is 2. The molecule has 4 rings (SSSR count). The van der Waals surface area contributed by atoms with Crippen LogP contribution in [0.4, 0.5) is 10.8 Å². The summed E-state index contributed by atoms with van der Waals surface area (Å²) in [5.41, 5.74) is 2.35. The Kier molecular flexibility index (Phi) is 5.85. The minimum absolute atomic E-state index is 0.0550. The summed E-state index contributed by atoms with van der Waals surface area (Å²) >= 11 is 1.28. The van der Waals surface area contributed by atoms with Gasteiger partial charge in [0.05, 0.1) is 19.8 Å². The number of rotatable bonds is 6. The molecule has 1 aliphatic heterocycles. The lowest BCUT2D eigenvalue weighted by Crippen LogP contribution is -2.24. The fourth-order valence-corrected chi connectivity index (χ4v) is 4.35. The molecule has 0 bridgehead atoms. The van der Waals surface area contributed by atoms with E-state index in [1.807, 2.05) is 31.2 Å². The maximum Gasteiger partial charge on any atom is 0.261 e. The number of amides is 2. The highest BCUT2D eigenvalue weighted by Crippen LogP contribution is 2.35. The molecule has 31 heavy (non-hydrogen) atoms. The third kappa shape index (κ3) is 4.36. The molecule has 0 saturated carbocycles. The minimum Gasteiger partial charge on any atom is -0.497 e. The van der Waals surface area contributed by atoms with Crippen molar-refractivity contribution in [1.29, 1.82) is 0 Å². The van der Waals surface area contributed by atoms with Gasteiger partial charge in [-0.05, 0) is 36.8 Å². The fraction of sp³-hybridized carbons (Fsp3) is 0.273. The van der Waals surface area contributed by atoms with Crippen molar-refractivity contribution >= 4 is 34.0 Å². The average molecular weight is 439 g/mol. The van der Waals surface area contributed by atoms with E-state index in [1.165, 1.54) is 18.4 Å². The van der Waals surface area contributed by atoms with Gasteiger partial charge in [0, 0.05) is 30.6 Å². The highest BCUT2D eigenvalue weighted by molar-refractivity contribution is 7.15. The maximum atomic E-state index is 12.7. The fourth-order valence-electron chi connectivity index (χ4n) is 3.52. The predicted molar refractivity (Wildman–Crippen MR) is 118 cm³/mol. The van der Waals surface area contributed by atoms with Gasteiger partial charge in [0.15, 0.2) is 0 Å². The molecular formula is C22H22N4O4S. The summed E-state index contributed by atoms with van der Waals surface area (Å²) < 4.78 is 10.5. The highest BCUT2D eigenvalue weighted by atomic mass is 32.1. The van der Waals surface area contributed by atoms with Crippen LogP contribution in [-0.2, 0) is 4.79 Å². The molecule has 2 aromatic carbocycles. The molecule has 0 radical (unpaired) electrons. The van der Waals surface area contributed by atoms with E-state index in [0.29, 0.717) is 35.2 Å². The normalized spacial score (nSPS) is 15.8. The summed E-state index contributed by atoms with van der Waals surface area (Å²) in [4.78, 5) is 27.0. The smallest absolute Gasteiger partial charge is 0.261 e. The van der Waals surface area contributed by atoms with E-state index in [4.69, 9.17) is 9.47 Å². The van der Waals surface area contributed by atoms with Crippen molar-refractivity contribution in [2.75, 3.05) is 31.0 Å². The molecule has 9 heteroatoms. The first-order valence-corrected chi connectivity index (χ1v) is 10.5. The Morgan fingerprint density at radius 2 is 2.00 bits per heavy atom. The van der Waals surface area contributed by atoms with Crippen molar-refractivity contribution < 1.29 is 19.1 Å². The molecule has 1 saturated heterocycles. The molecular weight excluding hydrogens is 416 g/mol. The largest absolute Gasteiger partial charge is 0.497 e. The number of aromatic nitrogens is 2. The first kappa shape index (κ1) is 20.8. The van der Waals surface area contributed by atoms with Crippen LogP contribution < -0.4 is 19.7 Å². The van der Waals surface area contributed by atoms with Crippen LogP contribution in [0.5, 0.6) is 11.5 Å². The summed E-state index contributed by atoms with van der Waals surface area (Å²) in [6.45, 7) is 2.54. The van der Waals surface area contributed by atoms with Gasteiger partial charge in [-0.3, -0.25) is 14.9 Å². The Morgan fingerprint density at radius 3 is 2.74 bits per heavy atom. The third-order valence-corrected chi connectivity index (χ3v) is 6.10.